The number of rotatable bonds is 5. The number of aryl methyl sites for hydroxylation is 3. The second kappa shape index (κ2) is 5.73. The standard InChI is InChI=1S/C14H18N2O3/c1-4-12-10(2)7-13(19-12)14(17)18-6-5-11-8-15-16(3)9-11/h7-9H,4-6H2,1-3H3. The van der Waals surface area contributed by atoms with Gasteiger partial charge in [0.2, 0.25) is 5.76 Å². The van der Waals surface area contributed by atoms with E-state index in [0.717, 1.165) is 23.3 Å². The van der Waals surface area contributed by atoms with Gasteiger partial charge in [-0.05, 0) is 24.1 Å². The van der Waals surface area contributed by atoms with E-state index in [1.807, 2.05) is 27.1 Å². The maximum absolute atomic E-state index is 11.8. The molecule has 0 aromatic carbocycles. The number of hydrogen-bond donors (Lipinski definition) is 0. The smallest absolute Gasteiger partial charge is 0.374 e. The van der Waals surface area contributed by atoms with Crippen molar-refractivity contribution in [3.8, 4) is 0 Å². The molecule has 0 N–H and O–H groups in total. The maximum Gasteiger partial charge on any atom is 0.374 e. The van der Waals surface area contributed by atoms with Crippen molar-refractivity contribution in [1.29, 1.82) is 0 Å². The highest BCUT2D eigenvalue weighted by molar-refractivity contribution is 5.86. The Balaban J connectivity index is 1.87. The summed E-state index contributed by atoms with van der Waals surface area (Å²) in [4.78, 5) is 11.8. The zero-order chi connectivity index (χ0) is 13.8. The summed E-state index contributed by atoms with van der Waals surface area (Å²) >= 11 is 0. The third-order valence-corrected chi connectivity index (χ3v) is 2.93. The topological polar surface area (TPSA) is 57.3 Å². The van der Waals surface area contributed by atoms with Crippen molar-refractivity contribution in [2.45, 2.75) is 26.7 Å². The second-order valence-electron chi connectivity index (χ2n) is 4.48. The molecule has 0 saturated carbocycles. The third kappa shape index (κ3) is 3.24. The molecule has 102 valence electrons. The van der Waals surface area contributed by atoms with Crippen LogP contribution in [0.25, 0.3) is 0 Å². The van der Waals surface area contributed by atoms with E-state index in [1.54, 1.807) is 16.9 Å². The largest absolute Gasteiger partial charge is 0.459 e. The van der Waals surface area contributed by atoms with Crippen molar-refractivity contribution < 1.29 is 13.9 Å². The van der Waals surface area contributed by atoms with Gasteiger partial charge >= 0.3 is 5.97 Å². The zero-order valence-corrected chi connectivity index (χ0v) is 11.5. The van der Waals surface area contributed by atoms with Crippen molar-refractivity contribution in [3.63, 3.8) is 0 Å². The molecule has 0 spiro atoms. The Bertz CT molecular complexity index is 569. The predicted molar refractivity (Wildman–Crippen MR) is 70.0 cm³/mol. The molecular formula is C14H18N2O3. The quantitative estimate of drug-likeness (QED) is 0.776. The Kier molecular flexibility index (Phi) is 4.04. The molecule has 0 radical (unpaired) electrons. The van der Waals surface area contributed by atoms with Gasteiger partial charge in [0.25, 0.3) is 0 Å². The summed E-state index contributed by atoms with van der Waals surface area (Å²) in [6.07, 6.45) is 5.09. The fourth-order valence-electron chi connectivity index (χ4n) is 1.91. The molecular weight excluding hydrogens is 244 g/mol. The fourth-order valence-corrected chi connectivity index (χ4v) is 1.91. The molecule has 5 heteroatoms. The normalized spacial score (nSPS) is 10.7. The summed E-state index contributed by atoms with van der Waals surface area (Å²) in [7, 11) is 1.85. The predicted octanol–water partition coefficient (Wildman–Crippen LogP) is 2.28. The first-order valence-corrected chi connectivity index (χ1v) is 6.34. The lowest BCUT2D eigenvalue weighted by Crippen LogP contribution is -2.07. The van der Waals surface area contributed by atoms with Gasteiger partial charge in [0, 0.05) is 26.1 Å². The average molecular weight is 262 g/mol. The van der Waals surface area contributed by atoms with Crippen molar-refractivity contribution in [1.82, 2.24) is 9.78 Å². The van der Waals surface area contributed by atoms with Gasteiger partial charge in [0.05, 0.1) is 12.8 Å². The van der Waals surface area contributed by atoms with Crippen LogP contribution < -0.4 is 0 Å². The Morgan fingerprint density at radius 3 is 2.89 bits per heavy atom. The molecule has 0 bridgehead atoms. The van der Waals surface area contributed by atoms with Crippen LogP contribution in [0.2, 0.25) is 0 Å². The highest BCUT2D eigenvalue weighted by atomic mass is 16.5. The van der Waals surface area contributed by atoms with Gasteiger partial charge in [-0.25, -0.2) is 4.79 Å². The molecule has 19 heavy (non-hydrogen) atoms. The number of esters is 1. The summed E-state index contributed by atoms with van der Waals surface area (Å²) in [5, 5.41) is 4.06. The van der Waals surface area contributed by atoms with E-state index in [0.29, 0.717) is 13.0 Å². The third-order valence-electron chi connectivity index (χ3n) is 2.93. The minimum Gasteiger partial charge on any atom is -0.459 e. The molecule has 2 aromatic heterocycles. The van der Waals surface area contributed by atoms with Crippen molar-refractivity contribution in [3.05, 3.63) is 41.1 Å². The second-order valence-corrected chi connectivity index (χ2v) is 4.48. The minimum absolute atomic E-state index is 0.278. The summed E-state index contributed by atoms with van der Waals surface area (Å²) in [6.45, 7) is 4.24. The molecule has 0 aliphatic heterocycles. The van der Waals surface area contributed by atoms with Crippen molar-refractivity contribution in [2.24, 2.45) is 7.05 Å². The van der Waals surface area contributed by atoms with Gasteiger partial charge in [-0.1, -0.05) is 6.92 Å². The van der Waals surface area contributed by atoms with Crippen LogP contribution in [-0.2, 0) is 24.6 Å². The first-order valence-electron chi connectivity index (χ1n) is 6.34. The van der Waals surface area contributed by atoms with Crippen LogP contribution in [0.4, 0.5) is 0 Å². The summed E-state index contributed by atoms with van der Waals surface area (Å²) < 4.78 is 12.3. The van der Waals surface area contributed by atoms with Crippen LogP contribution >= 0.6 is 0 Å². The van der Waals surface area contributed by atoms with Gasteiger partial charge in [0.1, 0.15) is 5.76 Å². The molecule has 0 atom stereocenters. The van der Waals surface area contributed by atoms with E-state index in [2.05, 4.69) is 5.10 Å². The molecule has 0 saturated heterocycles. The molecule has 0 fully saturated rings. The fraction of sp³-hybridized carbons (Fsp3) is 0.429. The number of nitrogens with zero attached hydrogens (tertiary/aromatic N) is 2. The molecule has 0 aliphatic rings. The molecule has 5 nitrogen and oxygen atoms in total. The van der Waals surface area contributed by atoms with Gasteiger partial charge in [-0.2, -0.15) is 5.10 Å². The number of carbonyl (C=O) groups is 1. The molecule has 2 heterocycles. The average Bonchev–Trinajstić information content (AvgIpc) is 2.95. The van der Waals surface area contributed by atoms with E-state index in [9.17, 15) is 4.79 Å². The van der Waals surface area contributed by atoms with Crippen molar-refractivity contribution in [2.75, 3.05) is 6.61 Å². The number of hydrogen-bond acceptors (Lipinski definition) is 4. The number of ether oxygens (including phenoxy) is 1. The van der Waals surface area contributed by atoms with Crippen LogP contribution in [-0.4, -0.2) is 22.4 Å². The SMILES string of the molecule is CCc1oc(C(=O)OCCc2cnn(C)c2)cc1C. The lowest BCUT2D eigenvalue weighted by atomic mass is 10.2. The maximum atomic E-state index is 11.8. The monoisotopic (exact) mass is 262 g/mol. The Morgan fingerprint density at radius 1 is 1.53 bits per heavy atom. The first-order chi connectivity index (χ1) is 9.10. The molecule has 2 rings (SSSR count). The van der Waals surface area contributed by atoms with Crippen LogP contribution in [0.5, 0.6) is 0 Å². The number of furan rings is 1. The highest BCUT2D eigenvalue weighted by Gasteiger charge is 2.14. The number of aromatic nitrogens is 2. The Labute approximate surface area is 112 Å². The van der Waals surface area contributed by atoms with E-state index < -0.39 is 5.97 Å². The van der Waals surface area contributed by atoms with Crippen LogP contribution in [0.15, 0.2) is 22.9 Å². The van der Waals surface area contributed by atoms with Gasteiger partial charge < -0.3 is 9.15 Å². The van der Waals surface area contributed by atoms with E-state index in [4.69, 9.17) is 9.15 Å². The Morgan fingerprint density at radius 2 is 2.32 bits per heavy atom. The summed E-state index contributed by atoms with van der Waals surface area (Å²) in [5.74, 6) is 0.700. The molecule has 0 unspecified atom stereocenters. The first kappa shape index (κ1) is 13.4. The van der Waals surface area contributed by atoms with Crippen molar-refractivity contribution >= 4 is 5.97 Å². The number of carbonyl (C=O) groups excluding carboxylic acids is 1. The lowest BCUT2D eigenvalue weighted by molar-refractivity contribution is 0.0471. The summed E-state index contributed by atoms with van der Waals surface area (Å²) in [6, 6.07) is 1.73. The van der Waals surface area contributed by atoms with Gasteiger partial charge in [-0.3, -0.25) is 4.68 Å². The van der Waals surface area contributed by atoms with Crippen LogP contribution in [0, 0.1) is 6.92 Å². The van der Waals surface area contributed by atoms with Gasteiger partial charge in [0.15, 0.2) is 0 Å². The van der Waals surface area contributed by atoms with E-state index >= 15 is 0 Å². The Hall–Kier alpha value is -2.04. The molecule has 0 amide bonds. The van der Waals surface area contributed by atoms with Gasteiger partial charge in [-0.15, -0.1) is 0 Å². The minimum atomic E-state index is -0.410. The van der Waals surface area contributed by atoms with E-state index in [-0.39, 0.29) is 5.76 Å². The molecule has 2 aromatic rings. The summed E-state index contributed by atoms with van der Waals surface area (Å²) in [5.41, 5.74) is 2.03. The van der Waals surface area contributed by atoms with Crippen LogP contribution in [0.1, 0.15) is 34.4 Å². The molecule has 0 aliphatic carbocycles. The highest BCUT2D eigenvalue weighted by Crippen LogP contribution is 2.16. The lowest BCUT2D eigenvalue weighted by Gasteiger charge is -2.01. The van der Waals surface area contributed by atoms with Crippen LogP contribution in [0.3, 0.4) is 0 Å². The zero-order valence-electron chi connectivity index (χ0n) is 11.5. The van der Waals surface area contributed by atoms with E-state index in [1.165, 1.54) is 0 Å².